The van der Waals surface area contributed by atoms with Gasteiger partial charge in [-0.1, -0.05) is 136 Å². The second-order valence-electron chi connectivity index (χ2n) is 11.1. The largest absolute Gasteiger partial charge is 0.393 e. The van der Waals surface area contributed by atoms with E-state index < -0.39 is 11.2 Å². The Morgan fingerprint density at radius 1 is 0.500 bits per heavy atom. The predicted octanol–water partition coefficient (Wildman–Crippen LogP) is 7.16. The summed E-state index contributed by atoms with van der Waals surface area (Å²) in [6.45, 7) is 7.74. The van der Waals surface area contributed by atoms with Gasteiger partial charge in [-0.05, 0) is 48.9 Å². The second-order valence-corrected chi connectivity index (χ2v) is 11.1. The summed E-state index contributed by atoms with van der Waals surface area (Å²) in [6.07, 6.45) is 3.82. The topological polar surface area (TPSA) is 80.9 Å². The average Bonchev–Trinajstić information content (AvgIpc) is 3.40. The van der Waals surface area contributed by atoms with Gasteiger partial charge in [-0.2, -0.15) is 0 Å². The molecule has 4 heteroatoms. The smallest absolute Gasteiger partial charge is 0.178 e. The van der Waals surface area contributed by atoms with E-state index in [9.17, 15) is 10.2 Å². The van der Waals surface area contributed by atoms with Crippen LogP contribution in [-0.2, 0) is 11.2 Å². The third-order valence-corrected chi connectivity index (χ3v) is 7.68. The zero-order valence-electron chi connectivity index (χ0n) is 25.0. The van der Waals surface area contributed by atoms with Gasteiger partial charge in [-0.3, -0.25) is 0 Å². The first-order chi connectivity index (χ1) is 20.2. The van der Waals surface area contributed by atoms with Gasteiger partial charge < -0.3 is 20.4 Å². The van der Waals surface area contributed by atoms with E-state index in [4.69, 9.17) is 10.2 Å². The molecule has 0 heterocycles. The SMILES string of the molecule is CCC[C@@H](C)O.CCC[C@H](C)O.OC1(C#CC2(O)c3ccccc3-c3ccccc32)c2ccccc2-c2ccccc21. The van der Waals surface area contributed by atoms with Crippen LogP contribution < -0.4 is 0 Å². The Labute approximate surface area is 250 Å². The molecule has 4 nitrogen and oxygen atoms in total. The molecule has 4 N–H and O–H groups in total. The number of fused-ring (bicyclic) bond motifs is 6. The second kappa shape index (κ2) is 13.5. The van der Waals surface area contributed by atoms with E-state index in [1.165, 1.54) is 0 Å². The summed E-state index contributed by atoms with van der Waals surface area (Å²) < 4.78 is 0. The van der Waals surface area contributed by atoms with Crippen molar-refractivity contribution in [3.8, 4) is 34.1 Å². The Bertz CT molecular complexity index is 1350. The van der Waals surface area contributed by atoms with Crippen LogP contribution in [0, 0.1) is 11.8 Å². The molecule has 2 aliphatic rings. The molecule has 0 amide bonds. The van der Waals surface area contributed by atoms with Crippen molar-refractivity contribution in [2.75, 3.05) is 0 Å². The van der Waals surface area contributed by atoms with Gasteiger partial charge in [0.15, 0.2) is 11.2 Å². The maximum Gasteiger partial charge on any atom is 0.178 e. The summed E-state index contributed by atoms with van der Waals surface area (Å²) >= 11 is 0. The van der Waals surface area contributed by atoms with Crippen molar-refractivity contribution in [2.24, 2.45) is 0 Å². The fourth-order valence-corrected chi connectivity index (χ4v) is 5.71. The summed E-state index contributed by atoms with van der Waals surface area (Å²) in [4.78, 5) is 0. The first kappa shape index (κ1) is 31.2. The Balaban J connectivity index is 0.000000287. The van der Waals surface area contributed by atoms with Gasteiger partial charge in [-0.25, -0.2) is 0 Å². The number of aliphatic hydroxyl groups is 4. The summed E-state index contributed by atoms with van der Waals surface area (Å²) in [6, 6.07) is 31.1. The molecule has 0 saturated carbocycles. The highest BCUT2D eigenvalue weighted by atomic mass is 16.3. The normalized spacial score (nSPS) is 15.5. The molecule has 0 spiro atoms. The Morgan fingerprint density at radius 2 is 0.738 bits per heavy atom. The van der Waals surface area contributed by atoms with Crippen molar-refractivity contribution < 1.29 is 20.4 Å². The fourth-order valence-electron chi connectivity index (χ4n) is 5.71. The van der Waals surface area contributed by atoms with Crippen molar-refractivity contribution in [3.63, 3.8) is 0 Å². The molecule has 0 fully saturated rings. The third kappa shape index (κ3) is 6.21. The third-order valence-electron chi connectivity index (χ3n) is 7.68. The van der Waals surface area contributed by atoms with Gasteiger partial charge in [0.2, 0.25) is 0 Å². The number of rotatable bonds is 4. The molecule has 6 rings (SSSR count). The van der Waals surface area contributed by atoms with Crippen molar-refractivity contribution in [3.05, 3.63) is 119 Å². The average molecular weight is 563 g/mol. The van der Waals surface area contributed by atoms with Gasteiger partial charge in [0.25, 0.3) is 0 Å². The molecule has 0 unspecified atom stereocenters. The van der Waals surface area contributed by atoms with Crippen LogP contribution in [0.25, 0.3) is 22.3 Å². The molecular formula is C38H42O4. The van der Waals surface area contributed by atoms with Crippen LogP contribution in [-0.4, -0.2) is 32.6 Å². The maximum atomic E-state index is 11.8. The Kier molecular flexibility index (Phi) is 10.0. The molecule has 2 aliphatic carbocycles. The van der Waals surface area contributed by atoms with Gasteiger partial charge in [0.05, 0.1) is 12.2 Å². The van der Waals surface area contributed by atoms with E-state index in [2.05, 4.69) is 25.7 Å². The molecule has 0 aliphatic heterocycles. The predicted molar refractivity (Wildman–Crippen MR) is 171 cm³/mol. The van der Waals surface area contributed by atoms with Crippen LogP contribution in [0.5, 0.6) is 0 Å². The van der Waals surface area contributed by atoms with Crippen LogP contribution in [0.3, 0.4) is 0 Å². The minimum absolute atomic E-state index is 0.102. The number of hydrogen-bond acceptors (Lipinski definition) is 4. The van der Waals surface area contributed by atoms with E-state index >= 15 is 0 Å². The molecule has 2 atom stereocenters. The molecule has 42 heavy (non-hydrogen) atoms. The van der Waals surface area contributed by atoms with E-state index in [-0.39, 0.29) is 12.2 Å². The molecule has 0 bridgehead atoms. The number of benzene rings is 4. The van der Waals surface area contributed by atoms with Crippen molar-refractivity contribution in [2.45, 2.75) is 76.8 Å². The van der Waals surface area contributed by atoms with Crippen molar-refractivity contribution in [1.29, 1.82) is 0 Å². The Morgan fingerprint density at radius 3 is 0.929 bits per heavy atom. The van der Waals surface area contributed by atoms with Gasteiger partial charge in [-0.15, -0.1) is 0 Å². The zero-order chi connectivity index (χ0) is 30.3. The standard InChI is InChI=1S/C28H18O2.2C5H12O/c29-27(23-13-5-1-9-19(23)20-10-2-6-14-24(20)27)17-18-28(30)25-15-7-3-11-21(25)22-12-4-8-16-26(22)28;2*1-3-4-5(2)6/h1-16,29-30H;2*5-6H,3-4H2,1-2H3/t;2*5-/m.10/s1. The maximum absolute atomic E-state index is 11.8. The van der Waals surface area contributed by atoms with Gasteiger partial charge >= 0.3 is 0 Å². The van der Waals surface area contributed by atoms with Gasteiger partial charge in [0.1, 0.15) is 0 Å². The first-order valence-electron chi connectivity index (χ1n) is 14.9. The highest BCUT2D eigenvalue weighted by Gasteiger charge is 2.43. The molecule has 218 valence electrons. The summed E-state index contributed by atoms with van der Waals surface area (Å²) in [5, 5.41) is 40.7. The summed E-state index contributed by atoms with van der Waals surface area (Å²) in [5.41, 5.74) is 3.96. The van der Waals surface area contributed by atoms with Gasteiger partial charge in [0, 0.05) is 22.3 Å². The minimum Gasteiger partial charge on any atom is -0.393 e. The monoisotopic (exact) mass is 562 g/mol. The summed E-state index contributed by atoms with van der Waals surface area (Å²) in [5.74, 6) is 6.18. The molecule has 0 radical (unpaired) electrons. The number of hydrogen-bond donors (Lipinski definition) is 4. The van der Waals surface area contributed by atoms with Crippen LogP contribution >= 0.6 is 0 Å². The van der Waals surface area contributed by atoms with Crippen LogP contribution in [0.1, 0.15) is 75.6 Å². The van der Waals surface area contributed by atoms with E-state index in [0.717, 1.165) is 70.2 Å². The molecular weight excluding hydrogens is 520 g/mol. The number of aliphatic hydroxyl groups excluding tert-OH is 2. The highest BCUT2D eigenvalue weighted by molar-refractivity contribution is 5.84. The lowest BCUT2D eigenvalue weighted by atomic mass is 9.87. The zero-order valence-corrected chi connectivity index (χ0v) is 25.0. The van der Waals surface area contributed by atoms with Crippen molar-refractivity contribution >= 4 is 0 Å². The van der Waals surface area contributed by atoms with Crippen LogP contribution in [0.4, 0.5) is 0 Å². The van der Waals surface area contributed by atoms with Crippen LogP contribution in [0.15, 0.2) is 97.1 Å². The lowest BCUT2D eigenvalue weighted by Gasteiger charge is -2.23. The molecule has 0 saturated heterocycles. The summed E-state index contributed by atoms with van der Waals surface area (Å²) in [7, 11) is 0. The lowest BCUT2D eigenvalue weighted by Crippen LogP contribution is -2.26. The minimum atomic E-state index is -1.48. The van der Waals surface area contributed by atoms with E-state index in [0.29, 0.717) is 0 Å². The molecule has 4 aromatic carbocycles. The van der Waals surface area contributed by atoms with Crippen molar-refractivity contribution in [1.82, 2.24) is 0 Å². The molecule has 0 aromatic heterocycles. The lowest BCUT2D eigenvalue weighted by molar-refractivity contribution is 0.138. The van der Waals surface area contributed by atoms with Crippen LogP contribution in [0.2, 0.25) is 0 Å². The van der Waals surface area contributed by atoms with E-state index in [1.807, 2.05) is 111 Å². The molecule has 4 aromatic rings. The fraction of sp³-hybridized carbons (Fsp3) is 0.316. The first-order valence-corrected chi connectivity index (χ1v) is 14.9. The Hall–Kier alpha value is -3.72. The highest BCUT2D eigenvalue weighted by Crippen LogP contribution is 2.49. The quantitative estimate of drug-likeness (QED) is 0.199. The van der Waals surface area contributed by atoms with E-state index in [1.54, 1.807) is 0 Å².